The van der Waals surface area contributed by atoms with E-state index < -0.39 is 0 Å². The van der Waals surface area contributed by atoms with Gasteiger partial charge in [0.1, 0.15) is 0 Å². The van der Waals surface area contributed by atoms with Gasteiger partial charge in [0.05, 0.1) is 18.8 Å². The molecule has 1 heterocycles. The van der Waals surface area contributed by atoms with Crippen LogP contribution >= 0.6 is 0 Å². The quantitative estimate of drug-likeness (QED) is 0.655. The molecule has 1 aliphatic rings. The molecule has 1 aliphatic heterocycles. The van der Waals surface area contributed by atoms with Crippen molar-refractivity contribution in [3.8, 4) is 0 Å². The Labute approximate surface area is 113 Å². The van der Waals surface area contributed by atoms with Gasteiger partial charge < -0.3 is 4.74 Å². The summed E-state index contributed by atoms with van der Waals surface area (Å²) in [5, 5.41) is 2.53. The van der Waals surface area contributed by atoms with E-state index in [2.05, 4.69) is 54.8 Å². The van der Waals surface area contributed by atoms with Crippen LogP contribution in [0, 0.1) is 5.92 Å². The molecular weight excluding hydrogens is 236 g/mol. The van der Waals surface area contributed by atoms with Crippen molar-refractivity contribution in [2.24, 2.45) is 11.8 Å². The van der Waals surface area contributed by atoms with Crippen molar-refractivity contribution in [1.29, 1.82) is 0 Å². The average molecular weight is 256 g/mol. The van der Waals surface area contributed by atoms with Gasteiger partial charge in [-0.25, -0.2) is 0 Å². The standard InChI is InChI=1S/C16H20N2O/c1-11-9-13(10-19-11)16(18-17)15-8-4-6-12-5-2-3-7-14(12)15/h2-8,11,13,16,18H,9-10,17H2,1H3. The topological polar surface area (TPSA) is 47.3 Å². The first-order chi connectivity index (χ1) is 9.29. The van der Waals surface area contributed by atoms with E-state index in [1.54, 1.807) is 0 Å². The van der Waals surface area contributed by atoms with Crippen LogP contribution in [-0.4, -0.2) is 12.7 Å². The number of fused-ring (bicyclic) bond motifs is 1. The second-order valence-electron chi connectivity index (χ2n) is 5.35. The Balaban J connectivity index is 2.01. The van der Waals surface area contributed by atoms with Crippen LogP contribution in [0.4, 0.5) is 0 Å². The molecule has 3 atom stereocenters. The molecule has 0 saturated carbocycles. The van der Waals surface area contributed by atoms with Crippen molar-refractivity contribution >= 4 is 10.8 Å². The minimum absolute atomic E-state index is 0.149. The summed E-state index contributed by atoms with van der Waals surface area (Å²) >= 11 is 0. The summed E-state index contributed by atoms with van der Waals surface area (Å²) in [7, 11) is 0. The molecule has 0 aromatic heterocycles. The van der Waals surface area contributed by atoms with E-state index in [-0.39, 0.29) is 6.04 Å². The summed E-state index contributed by atoms with van der Waals surface area (Å²) in [5.41, 5.74) is 4.26. The number of hydrogen-bond donors (Lipinski definition) is 2. The summed E-state index contributed by atoms with van der Waals surface area (Å²) in [5.74, 6) is 6.25. The van der Waals surface area contributed by atoms with Gasteiger partial charge in [0.15, 0.2) is 0 Å². The molecule has 3 N–H and O–H groups in total. The molecular formula is C16H20N2O. The fourth-order valence-corrected chi connectivity index (χ4v) is 3.08. The molecule has 1 saturated heterocycles. The molecule has 0 radical (unpaired) electrons. The van der Waals surface area contributed by atoms with Gasteiger partial charge in [-0.15, -0.1) is 0 Å². The zero-order valence-corrected chi connectivity index (χ0v) is 11.2. The van der Waals surface area contributed by atoms with Gasteiger partial charge in [0.2, 0.25) is 0 Å². The maximum atomic E-state index is 5.82. The number of hydrogen-bond acceptors (Lipinski definition) is 3. The van der Waals surface area contributed by atoms with Crippen LogP contribution in [-0.2, 0) is 4.74 Å². The van der Waals surface area contributed by atoms with Crippen LogP contribution in [0.1, 0.15) is 24.9 Å². The molecule has 3 nitrogen and oxygen atoms in total. The molecule has 3 rings (SSSR count). The second kappa shape index (κ2) is 5.29. The maximum absolute atomic E-state index is 5.82. The Morgan fingerprint density at radius 3 is 2.74 bits per heavy atom. The maximum Gasteiger partial charge on any atom is 0.0551 e. The number of nitrogens with one attached hydrogen (secondary N) is 1. The molecule has 100 valence electrons. The monoisotopic (exact) mass is 256 g/mol. The third-order valence-electron chi connectivity index (χ3n) is 4.04. The Bertz CT molecular complexity index is 564. The van der Waals surface area contributed by atoms with Gasteiger partial charge in [0, 0.05) is 5.92 Å². The molecule has 1 fully saturated rings. The highest BCUT2D eigenvalue weighted by molar-refractivity contribution is 5.86. The highest BCUT2D eigenvalue weighted by Crippen LogP contribution is 2.34. The lowest BCUT2D eigenvalue weighted by Crippen LogP contribution is -2.34. The first-order valence-corrected chi connectivity index (χ1v) is 6.85. The highest BCUT2D eigenvalue weighted by Gasteiger charge is 2.30. The fourth-order valence-electron chi connectivity index (χ4n) is 3.08. The fraction of sp³-hybridized carbons (Fsp3) is 0.375. The lowest BCUT2D eigenvalue weighted by atomic mass is 9.88. The van der Waals surface area contributed by atoms with Crippen LogP contribution in [0.2, 0.25) is 0 Å². The number of rotatable bonds is 3. The zero-order valence-electron chi connectivity index (χ0n) is 11.2. The molecule has 0 spiro atoms. The van der Waals surface area contributed by atoms with E-state index in [0.717, 1.165) is 13.0 Å². The molecule has 19 heavy (non-hydrogen) atoms. The number of hydrazine groups is 1. The molecule has 2 aromatic rings. The molecule has 2 aromatic carbocycles. The van der Waals surface area contributed by atoms with Gasteiger partial charge in [0.25, 0.3) is 0 Å². The van der Waals surface area contributed by atoms with Gasteiger partial charge in [-0.3, -0.25) is 11.3 Å². The van der Waals surface area contributed by atoms with Crippen LogP contribution in [0.3, 0.4) is 0 Å². The summed E-state index contributed by atoms with van der Waals surface area (Å²) < 4.78 is 5.69. The van der Waals surface area contributed by atoms with E-state index in [9.17, 15) is 0 Å². The second-order valence-corrected chi connectivity index (χ2v) is 5.35. The van der Waals surface area contributed by atoms with Crippen molar-refractivity contribution in [2.75, 3.05) is 6.61 Å². The zero-order chi connectivity index (χ0) is 13.2. The molecule has 0 bridgehead atoms. The van der Waals surface area contributed by atoms with E-state index in [1.807, 2.05) is 0 Å². The first-order valence-electron chi connectivity index (χ1n) is 6.85. The minimum atomic E-state index is 0.149. The molecule has 3 unspecified atom stereocenters. The number of benzene rings is 2. The summed E-state index contributed by atoms with van der Waals surface area (Å²) in [6, 6.07) is 15.0. The normalized spacial score (nSPS) is 24.7. The van der Waals surface area contributed by atoms with Crippen LogP contribution in [0.15, 0.2) is 42.5 Å². The van der Waals surface area contributed by atoms with Crippen LogP contribution < -0.4 is 11.3 Å². The number of ether oxygens (including phenoxy) is 1. The van der Waals surface area contributed by atoms with Gasteiger partial charge in [-0.2, -0.15) is 0 Å². The van der Waals surface area contributed by atoms with Gasteiger partial charge >= 0.3 is 0 Å². The van der Waals surface area contributed by atoms with Gasteiger partial charge in [-0.1, -0.05) is 42.5 Å². The van der Waals surface area contributed by atoms with Crippen LogP contribution in [0.25, 0.3) is 10.8 Å². The Kier molecular flexibility index (Phi) is 3.51. The third-order valence-corrected chi connectivity index (χ3v) is 4.04. The predicted molar refractivity (Wildman–Crippen MR) is 77.5 cm³/mol. The lowest BCUT2D eigenvalue weighted by Gasteiger charge is -2.23. The summed E-state index contributed by atoms with van der Waals surface area (Å²) in [6.07, 6.45) is 1.38. The van der Waals surface area contributed by atoms with Crippen molar-refractivity contribution < 1.29 is 4.74 Å². The Hall–Kier alpha value is -1.42. The summed E-state index contributed by atoms with van der Waals surface area (Å²) in [4.78, 5) is 0. The largest absolute Gasteiger partial charge is 0.378 e. The van der Waals surface area contributed by atoms with Gasteiger partial charge in [-0.05, 0) is 29.7 Å². The molecule has 0 aliphatic carbocycles. The van der Waals surface area contributed by atoms with E-state index in [4.69, 9.17) is 10.6 Å². The van der Waals surface area contributed by atoms with Crippen molar-refractivity contribution in [2.45, 2.75) is 25.5 Å². The summed E-state index contributed by atoms with van der Waals surface area (Å²) in [6.45, 7) is 2.90. The highest BCUT2D eigenvalue weighted by atomic mass is 16.5. The third kappa shape index (κ3) is 2.37. The van der Waals surface area contributed by atoms with E-state index in [1.165, 1.54) is 16.3 Å². The van der Waals surface area contributed by atoms with Crippen molar-refractivity contribution in [1.82, 2.24) is 5.43 Å². The van der Waals surface area contributed by atoms with Crippen molar-refractivity contribution in [3.63, 3.8) is 0 Å². The smallest absolute Gasteiger partial charge is 0.0551 e. The lowest BCUT2D eigenvalue weighted by molar-refractivity contribution is 0.117. The minimum Gasteiger partial charge on any atom is -0.378 e. The Morgan fingerprint density at radius 1 is 1.21 bits per heavy atom. The predicted octanol–water partition coefficient (Wildman–Crippen LogP) is 2.77. The van der Waals surface area contributed by atoms with Crippen molar-refractivity contribution in [3.05, 3.63) is 48.0 Å². The van der Waals surface area contributed by atoms with E-state index >= 15 is 0 Å². The first kappa shape index (κ1) is 12.6. The molecule has 3 heteroatoms. The number of nitrogens with two attached hydrogens (primary N) is 1. The Morgan fingerprint density at radius 2 is 2.00 bits per heavy atom. The SMILES string of the molecule is CC1CC(C(NN)c2cccc3ccccc23)CO1. The molecule has 0 amide bonds. The van der Waals surface area contributed by atoms with Crippen LogP contribution in [0.5, 0.6) is 0 Å². The van der Waals surface area contributed by atoms with E-state index in [0.29, 0.717) is 12.0 Å². The average Bonchev–Trinajstić information content (AvgIpc) is 2.86.